The summed E-state index contributed by atoms with van der Waals surface area (Å²) in [5.41, 5.74) is 2.14. The Labute approximate surface area is 237 Å². The van der Waals surface area contributed by atoms with Crippen molar-refractivity contribution in [3.63, 3.8) is 0 Å². The van der Waals surface area contributed by atoms with Crippen molar-refractivity contribution < 1.29 is 44.3 Å². The van der Waals surface area contributed by atoms with Crippen molar-refractivity contribution in [1.29, 1.82) is 0 Å². The molecule has 4 unspecified atom stereocenters. The third kappa shape index (κ3) is 4.74. The number of hydrogen-bond donors (Lipinski definition) is 6. The van der Waals surface area contributed by atoms with Gasteiger partial charge in [0.1, 0.15) is 17.1 Å². The molecule has 3 aliphatic carbocycles. The summed E-state index contributed by atoms with van der Waals surface area (Å²) in [6.07, 6.45) is -0.227. The van der Waals surface area contributed by atoms with Crippen LogP contribution in [0, 0.1) is 17.3 Å². The van der Waals surface area contributed by atoms with Crippen LogP contribution in [0.15, 0.2) is 28.7 Å². The number of amides is 2. The minimum absolute atomic E-state index is 0.00515. The summed E-state index contributed by atoms with van der Waals surface area (Å²) in [4.78, 5) is 53.5. The Hall–Kier alpha value is -3.90. The van der Waals surface area contributed by atoms with Crippen molar-refractivity contribution in [2.45, 2.75) is 58.6 Å². The number of ketones is 2. The number of aliphatic hydroxyl groups excluding tert-OH is 2. The normalized spacial score (nSPS) is 26.0. The third-order valence-electron chi connectivity index (χ3n) is 8.07. The van der Waals surface area contributed by atoms with Gasteiger partial charge in [0.05, 0.1) is 23.9 Å². The highest BCUT2D eigenvalue weighted by molar-refractivity contribution is 6.25. The zero-order valence-electron chi connectivity index (χ0n) is 24.0. The minimum atomic E-state index is -2.72. The second kappa shape index (κ2) is 10.2. The first-order valence-electron chi connectivity index (χ1n) is 13.4. The van der Waals surface area contributed by atoms with Crippen LogP contribution in [0.3, 0.4) is 0 Å². The maximum atomic E-state index is 14.0. The fourth-order valence-corrected chi connectivity index (χ4v) is 6.23. The molecule has 0 saturated carbocycles. The maximum Gasteiger partial charge on any atom is 0.411 e. The van der Waals surface area contributed by atoms with E-state index in [1.165, 1.54) is 4.90 Å². The van der Waals surface area contributed by atoms with Gasteiger partial charge in [0, 0.05) is 11.5 Å². The average Bonchev–Trinajstić information content (AvgIpc) is 2.85. The summed E-state index contributed by atoms with van der Waals surface area (Å²) >= 11 is 0. The molecular weight excluding hydrogens is 534 g/mol. The largest absolute Gasteiger partial charge is 0.510 e. The van der Waals surface area contributed by atoms with Crippen molar-refractivity contribution in [3.05, 3.63) is 45.4 Å². The number of likely N-dealkylation sites (N-methyl/N-ethyl adjacent to an activating group) is 1. The van der Waals surface area contributed by atoms with Gasteiger partial charge in [-0.2, -0.15) is 0 Å². The van der Waals surface area contributed by atoms with E-state index in [1.807, 2.05) is 27.7 Å². The van der Waals surface area contributed by atoms with E-state index in [1.54, 1.807) is 20.2 Å². The van der Waals surface area contributed by atoms with E-state index in [9.17, 15) is 39.6 Å². The standard InChI is InChI=1S/C29H37N3O9/c1-7-12-10-16(31-27(39)41-11-28(2,3)4)21(33)18-14(12)8-13-9-15-20(32(5)6)23(35)19(26(30)38)25(37)29(15,40)24(36)17(13)22(18)34/h10,13,15,20,33,35-36,40H,7-9,11H2,1-6H3,(H2,30,38)(H,31,39). The number of phenolic OH excluding ortho intramolecular Hbond substituents is 1. The van der Waals surface area contributed by atoms with E-state index in [4.69, 9.17) is 10.5 Å². The quantitative estimate of drug-likeness (QED) is 0.225. The number of fused-ring (bicyclic) bond motifs is 3. The molecule has 2 amide bonds. The van der Waals surface area contributed by atoms with E-state index in [2.05, 4.69) is 5.32 Å². The van der Waals surface area contributed by atoms with Crippen molar-refractivity contribution >= 4 is 29.3 Å². The Morgan fingerprint density at radius 2 is 1.83 bits per heavy atom. The Kier molecular flexibility index (Phi) is 7.47. The number of allylic oxidation sites excluding steroid dienone is 1. The van der Waals surface area contributed by atoms with Crippen LogP contribution < -0.4 is 11.1 Å². The zero-order valence-corrected chi connectivity index (χ0v) is 24.0. The zero-order chi connectivity index (χ0) is 30.8. The monoisotopic (exact) mass is 571 g/mol. The number of Topliss-reactive ketones (excluding diaryl/α,β-unsaturated/α-hetero) is 2. The average molecular weight is 572 g/mol. The number of carbonyl (C=O) groups excluding carboxylic acids is 4. The Bertz CT molecular complexity index is 1420. The topological polar surface area (TPSA) is 200 Å². The smallest absolute Gasteiger partial charge is 0.411 e. The molecule has 3 aliphatic rings. The molecule has 0 heterocycles. The molecule has 0 aromatic heterocycles. The van der Waals surface area contributed by atoms with Crippen molar-refractivity contribution in [3.8, 4) is 5.75 Å². The molecule has 0 spiro atoms. The van der Waals surface area contributed by atoms with Gasteiger partial charge in [-0.05, 0) is 61.9 Å². The minimum Gasteiger partial charge on any atom is -0.510 e. The number of nitrogens with two attached hydrogens (primary N) is 1. The molecule has 0 saturated heterocycles. The fourth-order valence-electron chi connectivity index (χ4n) is 6.23. The number of anilines is 1. The number of hydrogen-bond acceptors (Lipinski definition) is 10. The number of carbonyl (C=O) groups is 4. The lowest BCUT2D eigenvalue weighted by Crippen LogP contribution is -2.63. The Morgan fingerprint density at radius 3 is 2.37 bits per heavy atom. The van der Waals surface area contributed by atoms with Crippen LogP contribution >= 0.6 is 0 Å². The molecule has 1 aromatic carbocycles. The fraction of sp³-hybridized carbons (Fsp3) is 0.517. The van der Waals surface area contributed by atoms with Gasteiger partial charge in [0.2, 0.25) is 5.78 Å². The Morgan fingerprint density at radius 1 is 1.20 bits per heavy atom. The van der Waals surface area contributed by atoms with Gasteiger partial charge in [-0.1, -0.05) is 27.7 Å². The number of benzene rings is 1. The van der Waals surface area contributed by atoms with Crippen molar-refractivity contribution in [1.82, 2.24) is 4.90 Å². The van der Waals surface area contributed by atoms with Crippen LogP contribution in [0.25, 0.3) is 0 Å². The number of primary amides is 1. The summed E-state index contributed by atoms with van der Waals surface area (Å²) in [5, 5.41) is 47.6. The van der Waals surface area contributed by atoms with Crippen LogP contribution in [0.4, 0.5) is 10.5 Å². The number of phenols is 1. The highest BCUT2D eigenvalue weighted by atomic mass is 16.5. The van der Waals surface area contributed by atoms with Gasteiger partial charge in [0.25, 0.3) is 5.91 Å². The summed E-state index contributed by atoms with van der Waals surface area (Å²) in [6.45, 7) is 7.59. The highest BCUT2D eigenvalue weighted by Crippen LogP contribution is 2.53. The second-order valence-electron chi connectivity index (χ2n) is 12.4. The third-order valence-corrected chi connectivity index (χ3v) is 8.07. The SMILES string of the molecule is CCc1cc(NC(=O)OCC(C)(C)C)c(O)c2c1CC1CC3C(N(C)C)C(O)=C(C(N)=O)C(=O)C3(O)C(O)=C1C2=O. The summed E-state index contributed by atoms with van der Waals surface area (Å²) in [7, 11) is 3.14. The number of aromatic hydroxyl groups is 1. The van der Waals surface area contributed by atoms with Crippen molar-refractivity contribution in [2.75, 3.05) is 26.0 Å². The molecule has 0 fully saturated rings. The first-order chi connectivity index (χ1) is 18.9. The van der Waals surface area contributed by atoms with E-state index >= 15 is 0 Å². The van der Waals surface area contributed by atoms with E-state index in [0.717, 1.165) is 0 Å². The number of aliphatic hydroxyl groups is 3. The molecule has 0 radical (unpaired) electrons. The second-order valence-corrected chi connectivity index (χ2v) is 12.4. The molecule has 4 rings (SSSR count). The van der Waals surface area contributed by atoms with Crippen LogP contribution in [0.5, 0.6) is 5.75 Å². The molecule has 12 heteroatoms. The lowest BCUT2D eigenvalue weighted by atomic mass is 9.58. The van der Waals surface area contributed by atoms with Gasteiger partial charge in [0.15, 0.2) is 17.1 Å². The number of rotatable bonds is 5. The molecule has 222 valence electrons. The number of nitrogens with one attached hydrogen (secondary N) is 1. The molecule has 4 atom stereocenters. The van der Waals surface area contributed by atoms with Crippen LogP contribution in [0.1, 0.15) is 55.6 Å². The first kappa shape index (κ1) is 30.1. The molecule has 1 aromatic rings. The lowest BCUT2D eigenvalue weighted by molar-refractivity contribution is -0.148. The van der Waals surface area contributed by atoms with E-state index < -0.39 is 69.9 Å². The number of nitrogens with zero attached hydrogens (tertiary/aromatic N) is 1. The number of aryl methyl sites for hydroxylation is 1. The van der Waals surface area contributed by atoms with Crippen LogP contribution in [-0.2, 0) is 27.2 Å². The lowest BCUT2D eigenvalue weighted by Gasteiger charge is -2.50. The summed E-state index contributed by atoms with van der Waals surface area (Å²) < 4.78 is 5.23. The molecular formula is C29H37N3O9. The van der Waals surface area contributed by atoms with Gasteiger partial charge in [-0.3, -0.25) is 24.6 Å². The molecule has 41 heavy (non-hydrogen) atoms. The maximum absolute atomic E-state index is 14.0. The van der Waals surface area contributed by atoms with E-state index in [-0.39, 0.29) is 41.7 Å². The first-order valence-corrected chi connectivity index (χ1v) is 13.4. The predicted octanol–water partition coefficient (Wildman–Crippen LogP) is 2.28. The van der Waals surface area contributed by atoms with E-state index in [0.29, 0.717) is 17.5 Å². The predicted molar refractivity (Wildman–Crippen MR) is 147 cm³/mol. The van der Waals surface area contributed by atoms with Gasteiger partial charge >= 0.3 is 6.09 Å². The summed E-state index contributed by atoms with van der Waals surface area (Å²) in [6, 6.07) is 0.499. The molecule has 0 aliphatic heterocycles. The highest BCUT2D eigenvalue weighted by Gasteiger charge is 2.63. The Balaban J connectivity index is 1.85. The van der Waals surface area contributed by atoms with Gasteiger partial charge < -0.3 is 30.9 Å². The van der Waals surface area contributed by atoms with Crippen molar-refractivity contribution in [2.24, 2.45) is 23.0 Å². The van der Waals surface area contributed by atoms with Crippen LogP contribution in [0.2, 0.25) is 0 Å². The molecule has 12 nitrogen and oxygen atoms in total. The van der Waals surface area contributed by atoms with Gasteiger partial charge in [-0.25, -0.2) is 4.79 Å². The number of ether oxygens (including phenoxy) is 1. The molecule has 7 N–H and O–H groups in total. The summed E-state index contributed by atoms with van der Waals surface area (Å²) in [5.74, 6) is -7.31. The van der Waals surface area contributed by atoms with Crippen LogP contribution in [-0.4, -0.2) is 81.2 Å². The van der Waals surface area contributed by atoms with Gasteiger partial charge in [-0.15, -0.1) is 0 Å². The molecule has 0 bridgehead atoms.